The summed E-state index contributed by atoms with van der Waals surface area (Å²) in [7, 11) is 3.08. The van der Waals surface area contributed by atoms with Gasteiger partial charge in [-0.25, -0.2) is 0 Å². The summed E-state index contributed by atoms with van der Waals surface area (Å²) >= 11 is 0. The second-order valence-corrected chi connectivity index (χ2v) is 3.81. The fourth-order valence-electron chi connectivity index (χ4n) is 1.62. The molecule has 98 valence electrons. The first kappa shape index (κ1) is 13.0. The minimum atomic E-state index is 0.129. The van der Waals surface area contributed by atoms with E-state index < -0.39 is 0 Å². The average molecular weight is 257 g/mol. The van der Waals surface area contributed by atoms with E-state index in [1.54, 1.807) is 31.4 Å². The Kier molecular flexibility index (Phi) is 4.03. The lowest BCUT2D eigenvalue weighted by molar-refractivity contribution is 0.379. The van der Waals surface area contributed by atoms with Crippen LogP contribution in [0.25, 0.3) is 0 Å². The summed E-state index contributed by atoms with van der Waals surface area (Å²) in [5.41, 5.74) is 0.704. The van der Waals surface area contributed by atoms with E-state index in [0.29, 0.717) is 22.8 Å². The summed E-state index contributed by atoms with van der Waals surface area (Å²) in [5, 5.41) is 7.55. The average Bonchev–Trinajstić information content (AvgIpc) is 2.48. The van der Waals surface area contributed by atoms with E-state index in [0.717, 1.165) is 0 Å². The van der Waals surface area contributed by atoms with Crippen LogP contribution in [0.5, 0.6) is 17.2 Å². The minimum Gasteiger partial charge on any atom is -0.493 e. The Morgan fingerprint density at radius 3 is 2.11 bits per heavy atom. The highest BCUT2D eigenvalue weighted by atomic mass is 16.5. The number of hydrogen-bond donors (Lipinski definition) is 1. The van der Waals surface area contributed by atoms with Gasteiger partial charge in [-0.1, -0.05) is 12.1 Å². The maximum Gasteiger partial charge on any atom is 0.212 e. The molecule has 4 nitrogen and oxygen atoms in total. The second-order valence-electron chi connectivity index (χ2n) is 3.81. The van der Waals surface area contributed by atoms with E-state index in [1.165, 1.54) is 7.11 Å². The summed E-state index contributed by atoms with van der Waals surface area (Å²) in [6, 6.07) is 14.6. The highest BCUT2D eigenvalue weighted by molar-refractivity contribution is 5.91. The summed E-state index contributed by atoms with van der Waals surface area (Å²) in [4.78, 5) is 0. The minimum absolute atomic E-state index is 0.129. The van der Waals surface area contributed by atoms with Crippen LogP contribution in [0.2, 0.25) is 0 Å². The summed E-state index contributed by atoms with van der Waals surface area (Å²) in [6.45, 7) is 0. The Hall–Kier alpha value is -2.49. The lowest BCUT2D eigenvalue weighted by atomic mass is 10.2. The normalized spacial score (nSPS) is 9.79. The first-order chi connectivity index (χ1) is 9.24. The molecule has 19 heavy (non-hydrogen) atoms. The fourth-order valence-corrected chi connectivity index (χ4v) is 1.62. The highest BCUT2D eigenvalue weighted by Crippen LogP contribution is 2.30. The van der Waals surface area contributed by atoms with Crippen molar-refractivity contribution in [3.8, 4) is 17.2 Å². The molecule has 1 N–H and O–H groups in total. The molecule has 0 aromatic heterocycles. The molecule has 2 aromatic carbocycles. The van der Waals surface area contributed by atoms with Crippen molar-refractivity contribution in [1.82, 2.24) is 0 Å². The zero-order chi connectivity index (χ0) is 13.7. The third-order valence-corrected chi connectivity index (χ3v) is 2.62. The molecule has 0 heterocycles. The van der Waals surface area contributed by atoms with E-state index in [-0.39, 0.29) is 5.90 Å². The predicted molar refractivity (Wildman–Crippen MR) is 73.3 cm³/mol. The van der Waals surface area contributed by atoms with Gasteiger partial charge in [-0.2, -0.15) is 0 Å². The molecular formula is C15H15NO3. The monoisotopic (exact) mass is 257 g/mol. The number of rotatable bonds is 4. The molecule has 0 radical (unpaired) electrons. The number of ether oxygens (including phenoxy) is 3. The molecule has 0 amide bonds. The van der Waals surface area contributed by atoms with Gasteiger partial charge in [-0.3, -0.25) is 5.41 Å². The first-order valence-corrected chi connectivity index (χ1v) is 5.78. The molecule has 0 saturated carbocycles. The van der Waals surface area contributed by atoms with Crippen molar-refractivity contribution in [2.24, 2.45) is 0 Å². The molecule has 0 fully saturated rings. The molecular weight excluding hydrogens is 242 g/mol. The molecule has 0 atom stereocenters. The molecule has 0 aliphatic carbocycles. The van der Waals surface area contributed by atoms with Gasteiger partial charge < -0.3 is 14.2 Å². The zero-order valence-electron chi connectivity index (χ0n) is 10.8. The van der Waals surface area contributed by atoms with Crippen molar-refractivity contribution in [1.29, 1.82) is 5.41 Å². The smallest absolute Gasteiger partial charge is 0.212 e. The van der Waals surface area contributed by atoms with Crippen molar-refractivity contribution in [3.63, 3.8) is 0 Å². The lowest BCUT2D eigenvalue weighted by Crippen LogP contribution is -2.00. The van der Waals surface area contributed by atoms with Gasteiger partial charge in [0.05, 0.1) is 14.2 Å². The van der Waals surface area contributed by atoms with Gasteiger partial charge >= 0.3 is 0 Å². The summed E-state index contributed by atoms with van der Waals surface area (Å²) in [6.07, 6.45) is 0. The fraction of sp³-hybridized carbons (Fsp3) is 0.133. The Balaban J connectivity index is 2.17. The van der Waals surface area contributed by atoms with Gasteiger partial charge in [0, 0.05) is 5.56 Å². The second kappa shape index (κ2) is 5.91. The maximum absolute atomic E-state index is 7.55. The van der Waals surface area contributed by atoms with E-state index in [2.05, 4.69) is 0 Å². The van der Waals surface area contributed by atoms with E-state index in [1.807, 2.05) is 24.3 Å². The molecule has 0 unspecified atom stereocenters. The number of hydrogen-bond acceptors (Lipinski definition) is 4. The molecule has 2 rings (SSSR count). The Bertz CT molecular complexity index is 564. The quantitative estimate of drug-likeness (QED) is 0.674. The van der Waals surface area contributed by atoms with Gasteiger partial charge in [0.25, 0.3) is 0 Å². The van der Waals surface area contributed by atoms with Crippen LogP contribution in [-0.4, -0.2) is 20.1 Å². The van der Waals surface area contributed by atoms with Gasteiger partial charge in [0.15, 0.2) is 11.5 Å². The Morgan fingerprint density at radius 1 is 0.895 bits per heavy atom. The number of methoxy groups -OCH3 is 2. The van der Waals surface area contributed by atoms with Crippen LogP contribution >= 0.6 is 0 Å². The predicted octanol–water partition coefficient (Wildman–Crippen LogP) is 3.46. The van der Waals surface area contributed by atoms with Crippen LogP contribution in [0.15, 0.2) is 48.5 Å². The van der Waals surface area contributed by atoms with Crippen molar-refractivity contribution >= 4 is 5.90 Å². The molecule has 0 spiro atoms. The maximum atomic E-state index is 7.55. The molecule has 0 saturated heterocycles. The molecule has 0 aliphatic heterocycles. The third kappa shape index (κ3) is 3.04. The van der Waals surface area contributed by atoms with E-state index >= 15 is 0 Å². The van der Waals surface area contributed by atoms with Gasteiger partial charge in [-0.15, -0.1) is 0 Å². The number of nitrogens with one attached hydrogen (secondary N) is 1. The van der Waals surface area contributed by atoms with Crippen molar-refractivity contribution in [2.75, 3.05) is 14.2 Å². The molecule has 0 bridgehead atoms. The van der Waals surface area contributed by atoms with Gasteiger partial charge in [0.1, 0.15) is 5.75 Å². The SMILES string of the molecule is COC(=N)c1ccc(Oc2ccccc2OC)cc1. The van der Waals surface area contributed by atoms with Crippen LogP contribution in [0.3, 0.4) is 0 Å². The topological polar surface area (TPSA) is 51.5 Å². The van der Waals surface area contributed by atoms with Crippen LogP contribution < -0.4 is 9.47 Å². The molecule has 2 aromatic rings. The first-order valence-electron chi connectivity index (χ1n) is 5.78. The van der Waals surface area contributed by atoms with Crippen molar-refractivity contribution in [3.05, 3.63) is 54.1 Å². The van der Waals surface area contributed by atoms with Crippen LogP contribution in [0.4, 0.5) is 0 Å². The standard InChI is InChI=1S/C15H15NO3/c1-17-13-5-3-4-6-14(13)19-12-9-7-11(8-10-12)15(16)18-2/h3-10,16H,1-2H3. The van der Waals surface area contributed by atoms with Crippen LogP contribution in [0, 0.1) is 5.41 Å². The van der Waals surface area contributed by atoms with E-state index in [4.69, 9.17) is 19.6 Å². The molecule has 0 aliphatic rings. The van der Waals surface area contributed by atoms with Crippen LogP contribution in [0.1, 0.15) is 5.56 Å². The highest BCUT2D eigenvalue weighted by Gasteiger charge is 2.05. The summed E-state index contributed by atoms with van der Waals surface area (Å²) in [5.74, 6) is 2.14. The number of para-hydroxylation sites is 2. The third-order valence-electron chi connectivity index (χ3n) is 2.62. The Labute approximate surface area is 112 Å². The Morgan fingerprint density at radius 2 is 1.53 bits per heavy atom. The van der Waals surface area contributed by atoms with Crippen molar-refractivity contribution < 1.29 is 14.2 Å². The van der Waals surface area contributed by atoms with Gasteiger partial charge in [-0.05, 0) is 36.4 Å². The van der Waals surface area contributed by atoms with Gasteiger partial charge in [0.2, 0.25) is 5.90 Å². The largest absolute Gasteiger partial charge is 0.493 e. The summed E-state index contributed by atoms with van der Waals surface area (Å²) < 4.78 is 15.8. The molecule has 4 heteroatoms. The van der Waals surface area contributed by atoms with E-state index in [9.17, 15) is 0 Å². The zero-order valence-corrected chi connectivity index (χ0v) is 10.8. The van der Waals surface area contributed by atoms with Crippen molar-refractivity contribution in [2.45, 2.75) is 0 Å². The lowest BCUT2D eigenvalue weighted by Gasteiger charge is -2.10. The van der Waals surface area contributed by atoms with Crippen LogP contribution in [-0.2, 0) is 4.74 Å². The number of benzene rings is 2.